The maximum atomic E-state index is 13.9. The lowest BCUT2D eigenvalue weighted by molar-refractivity contribution is 0.393. The number of sulfonamides is 1. The van der Waals surface area contributed by atoms with E-state index in [1.165, 1.54) is 51.7 Å². The van der Waals surface area contributed by atoms with Gasteiger partial charge >= 0.3 is 0 Å². The summed E-state index contributed by atoms with van der Waals surface area (Å²) < 4.78 is 57.6. The van der Waals surface area contributed by atoms with Crippen molar-refractivity contribution < 1.29 is 27.0 Å². The van der Waals surface area contributed by atoms with Crippen molar-refractivity contribution >= 4 is 15.7 Å². The first-order valence-corrected chi connectivity index (χ1v) is 10.5. The lowest BCUT2D eigenvalue weighted by Gasteiger charge is -2.25. The summed E-state index contributed by atoms with van der Waals surface area (Å²) in [6.07, 6.45) is 0. The summed E-state index contributed by atoms with van der Waals surface area (Å²) in [5.41, 5.74) is 0.820. The smallest absolute Gasteiger partial charge is 0.264 e. The van der Waals surface area contributed by atoms with Crippen LogP contribution in [0.15, 0.2) is 71.6 Å². The zero-order valence-electron chi connectivity index (χ0n) is 16.8. The molecule has 0 aromatic heterocycles. The molecule has 0 atom stereocenters. The third kappa shape index (κ3) is 4.65. The van der Waals surface area contributed by atoms with Gasteiger partial charge < -0.3 is 14.2 Å². The molecule has 0 heterocycles. The fraction of sp³-hybridized carbons (Fsp3) is 0.182. The van der Waals surface area contributed by atoms with Gasteiger partial charge in [-0.25, -0.2) is 12.8 Å². The summed E-state index contributed by atoms with van der Waals surface area (Å²) in [6, 6.07) is 16.6. The molecule has 3 aromatic rings. The van der Waals surface area contributed by atoms with Crippen molar-refractivity contribution in [1.82, 2.24) is 0 Å². The van der Waals surface area contributed by atoms with E-state index in [9.17, 15) is 12.8 Å². The Morgan fingerprint density at radius 2 is 1.40 bits per heavy atom. The van der Waals surface area contributed by atoms with Gasteiger partial charge in [0.1, 0.15) is 23.1 Å². The maximum absolute atomic E-state index is 13.9. The number of halogens is 1. The molecule has 3 aromatic carbocycles. The molecular weight excluding hydrogens is 409 g/mol. The Hall–Kier alpha value is -3.26. The van der Waals surface area contributed by atoms with Crippen LogP contribution in [-0.2, 0) is 16.6 Å². The molecule has 3 rings (SSSR count). The van der Waals surface area contributed by atoms with Crippen LogP contribution in [0.4, 0.5) is 10.1 Å². The van der Waals surface area contributed by atoms with Gasteiger partial charge in [0, 0.05) is 6.07 Å². The fourth-order valence-corrected chi connectivity index (χ4v) is 4.39. The normalized spacial score (nSPS) is 11.1. The number of nitrogens with zero attached hydrogens (tertiary/aromatic N) is 1. The third-order valence-electron chi connectivity index (χ3n) is 4.48. The number of benzene rings is 3. The molecule has 0 amide bonds. The summed E-state index contributed by atoms with van der Waals surface area (Å²) >= 11 is 0. The highest BCUT2D eigenvalue weighted by Gasteiger charge is 2.26. The molecule has 0 saturated heterocycles. The van der Waals surface area contributed by atoms with E-state index in [4.69, 9.17) is 14.2 Å². The lowest BCUT2D eigenvalue weighted by atomic mass is 10.2. The van der Waals surface area contributed by atoms with Gasteiger partial charge in [0.15, 0.2) is 0 Å². The second-order valence-corrected chi connectivity index (χ2v) is 8.25. The van der Waals surface area contributed by atoms with Crippen molar-refractivity contribution in [2.45, 2.75) is 11.4 Å². The van der Waals surface area contributed by atoms with E-state index in [0.29, 0.717) is 22.8 Å². The summed E-state index contributed by atoms with van der Waals surface area (Å²) in [6.45, 7) is -0.0502. The van der Waals surface area contributed by atoms with E-state index >= 15 is 0 Å². The van der Waals surface area contributed by atoms with Crippen molar-refractivity contribution in [2.24, 2.45) is 0 Å². The predicted octanol–water partition coefficient (Wildman–Crippen LogP) is 4.25. The lowest BCUT2D eigenvalue weighted by Crippen LogP contribution is -2.30. The van der Waals surface area contributed by atoms with Crippen LogP contribution in [0.25, 0.3) is 0 Å². The standard InChI is InChI=1S/C22H22FNO5S/c1-27-19-7-9-22(10-8-19)30(25,26)24(18-6-4-5-17(23)13-18)15-16-11-20(28-2)14-21(12-16)29-3/h4-14H,15H2,1-3H3. The van der Waals surface area contributed by atoms with Crippen molar-refractivity contribution in [3.63, 3.8) is 0 Å². The molecule has 6 nitrogen and oxygen atoms in total. The fourth-order valence-electron chi connectivity index (χ4n) is 2.94. The first kappa shape index (κ1) is 21.4. The number of anilines is 1. The molecule has 0 unspecified atom stereocenters. The molecule has 0 bridgehead atoms. The quantitative estimate of drug-likeness (QED) is 0.534. The average molecular weight is 431 g/mol. The van der Waals surface area contributed by atoms with Crippen LogP contribution < -0.4 is 18.5 Å². The number of hydrogen-bond donors (Lipinski definition) is 0. The Balaban J connectivity index is 2.09. The van der Waals surface area contributed by atoms with Crippen molar-refractivity contribution in [3.05, 3.63) is 78.1 Å². The molecule has 0 aliphatic carbocycles. The van der Waals surface area contributed by atoms with Gasteiger partial charge in [-0.15, -0.1) is 0 Å². The summed E-state index contributed by atoms with van der Waals surface area (Å²) in [5.74, 6) is 1.03. The van der Waals surface area contributed by atoms with Crippen LogP contribution in [0.1, 0.15) is 5.56 Å². The molecule has 158 valence electrons. The van der Waals surface area contributed by atoms with Crippen LogP contribution in [0.5, 0.6) is 17.2 Å². The second-order valence-electron chi connectivity index (χ2n) is 6.39. The molecule has 0 aliphatic heterocycles. The number of rotatable bonds is 8. The third-order valence-corrected chi connectivity index (χ3v) is 6.27. The zero-order chi connectivity index (χ0) is 21.7. The van der Waals surface area contributed by atoms with E-state index in [1.54, 1.807) is 36.4 Å². The molecule has 0 aliphatic rings. The predicted molar refractivity (Wildman–Crippen MR) is 112 cm³/mol. The second kappa shape index (κ2) is 9.04. The van der Waals surface area contributed by atoms with Crippen LogP contribution in [0.3, 0.4) is 0 Å². The molecule has 0 fully saturated rings. The number of ether oxygens (including phenoxy) is 3. The van der Waals surface area contributed by atoms with Crippen LogP contribution >= 0.6 is 0 Å². The number of methoxy groups -OCH3 is 3. The van der Waals surface area contributed by atoms with Gasteiger partial charge in [-0.05, 0) is 60.2 Å². The van der Waals surface area contributed by atoms with Crippen LogP contribution in [0, 0.1) is 5.82 Å². The van der Waals surface area contributed by atoms with Crippen LogP contribution in [0.2, 0.25) is 0 Å². The van der Waals surface area contributed by atoms with Crippen LogP contribution in [-0.4, -0.2) is 29.7 Å². The minimum atomic E-state index is -4.00. The van der Waals surface area contributed by atoms with Gasteiger partial charge in [0.2, 0.25) is 0 Å². The Kier molecular flexibility index (Phi) is 6.47. The maximum Gasteiger partial charge on any atom is 0.264 e. The van der Waals surface area contributed by atoms with E-state index < -0.39 is 15.8 Å². The molecule has 0 saturated carbocycles. The topological polar surface area (TPSA) is 65.1 Å². The van der Waals surface area contributed by atoms with E-state index in [0.717, 1.165) is 4.31 Å². The largest absolute Gasteiger partial charge is 0.497 e. The van der Waals surface area contributed by atoms with Gasteiger partial charge in [0.25, 0.3) is 10.0 Å². The highest BCUT2D eigenvalue weighted by atomic mass is 32.2. The van der Waals surface area contributed by atoms with Gasteiger partial charge in [-0.3, -0.25) is 4.31 Å². The Morgan fingerprint density at radius 3 is 1.93 bits per heavy atom. The van der Waals surface area contributed by atoms with E-state index in [2.05, 4.69) is 0 Å². The highest BCUT2D eigenvalue weighted by Crippen LogP contribution is 2.30. The molecule has 0 spiro atoms. The van der Waals surface area contributed by atoms with Gasteiger partial charge in [-0.1, -0.05) is 6.07 Å². The first-order valence-electron chi connectivity index (χ1n) is 9.01. The molecule has 30 heavy (non-hydrogen) atoms. The van der Waals surface area contributed by atoms with E-state index in [-0.39, 0.29) is 17.1 Å². The minimum absolute atomic E-state index is 0.0502. The van der Waals surface area contributed by atoms with Crippen molar-refractivity contribution in [2.75, 3.05) is 25.6 Å². The monoisotopic (exact) mass is 431 g/mol. The summed E-state index contributed by atoms with van der Waals surface area (Å²) in [5, 5.41) is 0. The van der Waals surface area contributed by atoms with Crippen molar-refractivity contribution in [3.8, 4) is 17.2 Å². The summed E-state index contributed by atoms with van der Waals surface area (Å²) in [7, 11) is 0.517. The Labute approximate surface area is 175 Å². The first-order chi connectivity index (χ1) is 14.4. The van der Waals surface area contributed by atoms with Gasteiger partial charge in [0.05, 0.1) is 38.5 Å². The SMILES string of the molecule is COc1ccc(S(=O)(=O)N(Cc2cc(OC)cc(OC)c2)c2cccc(F)c2)cc1. The van der Waals surface area contributed by atoms with Crippen molar-refractivity contribution in [1.29, 1.82) is 0 Å². The molecule has 0 N–H and O–H groups in total. The summed E-state index contributed by atoms with van der Waals surface area (Å²) in [4.78, 5) is 0.0578. The van der Waals surface area contributed by atoms with Gasteiger partial charge in [-0.2, -0.15) is 0 Å². The average Bonchev–Trinajstić information content (AvgIpc) is 2.77. The number of hydrogen-bond acceptors (Lipinski definition) is 5. The Bertz CT molecular complexity index is 1090. The minimum Gasteiger partial charge on any atom is -0.497 e. The molecule has 0 radical (unpaired) electrons. The Morgan fingerprint density at radius 1 is 0.800 bits per heavy atom. The van der Waals surface area contributed by atoms with E-state index in [1.807, 2.05) is 0 Å². The molecular formula is C22H22FNO5S. The zero-order valence-corrected chi connectivity index (χ0v) is 17.6. The highest BCUT2D eigenvalue weighted by molar-refractivity contribution is 7.92. The molecule has 8 heteroatoms.